The summed E-state index contributed by atoms with van der Waals surface area (Å²) in [7, 11) is 1.16. The molecule has 0 saturated heterocycles. The Morgan fingerprint density at radius 2 is 1.21 bits per heavy atom. The molecular formula is C29H19F6N3O4. The molecule has 0 radical (unpaired) electrons. The summed E-state index contributed by atoms with van der Waals surface area (Å²) in [6.07, 6.45) is -9.87. The van der Waals surface area contributed by atoms with Crippen molar-refractivity contribution < 1.29 is 31.4 Å². The molecule has 0 unspecified atom stereocenters. The number of pyridine rings is 1. The highest BCUT2D eigenvalue weighted by Gasteiger charge is 2.33. The van der Waals surface area contributed by atoms with E-state index in [1.54, 1.807) is 30.3 Å². The maximum Gasteiger partial charge on any atom is 0.416 e. The van der Waals surface area contributed by atoms with E-state index in [-0.39, 0.29) is 12.0 Å². The van der Waals surface area contributed by atoms with Crippen molar-refractivity contribution in [1.29, 1.82) is 0 Å². The zero-order chi connectivity index (χ0) is 30.6. The Balaban J connectivity index is 1.96. The fraction of sp³-hybridized carbons (Fsp3) is 0.138. The standard InChI is InChI=1S/C29H19F6N3O4/c1-36-24-22(23(39)21(25(36)40)13-16-7-3-2-4-8-16)26(41)38(20-12-6-10-18(15-20)29(33,34)35)27(42)37(24)19-11-5-9-17(14-19)28(30,31)32/h2-12,14-15,39H,13H2,1H3. The van der Waals surface area contributed by atoms with Gasteiger partial charge in [0.2, 0.25) is 0 Å². The highest BCUT2D eigenvalue weighted by atomic mass is 19.4. The van der Waals surface area contributed by atoms with Gasteiger partial charge in [-0.05, 0) is 42.0 Å². The molecule has 0 fully saturated rings. The fourth-order valence-corrected chi connectivity index (χ4v) is 4.73. The molecule has 0 amide bonds. The van der Waals surface area contributed by atoms with Crippen molar-refractivity contribution in [2.24, 2.45) is 7.05 Å². The zero-order valence-electron chi connectivity index (χ0n) is 21.5. The van der Waals surface area contributed by atoms with Crippen LogP contribution in [0.5, 0.6) is 5.75 Å². The van der Waals surface area contributed by atoms with Crippen molar-refractivity contribution in [3.05, 3.63) is 132 Å². The minimum Gasteiger partial charge on any atom is -0.506 e. The monoisotopic (exact) mass is 587 g/mol. The third-order valence-electron chi connectivity index (χ3n) is 6.73. The molecule has 7 nitrogen and oxygen atoms in total. The number of hydrogen-bond acceptors (Lipinski definition) is 4. The molecular weight excluding hydrogens is 568 g/mol. The number of aromatic hydroxyl groups is 1. The van der Waals surface area contributed by atoms with Gasteiger partial charge >= 0.3 is 18.0 Å². The Hall–Kier alpha value is -5.07. The lowest BCUT2D eigenvalue weighted by atomic mass is 10.0. The Labute approximate surface area is 231 Å². The average Bonchev–Trinajstić information content (AvgIpc) is 2.94. The number of benzene rings is 3. The summed E-state index contributed by atoms with van der Waals surface area (Å²) in [5, 5.41) is 10.6. The number of rotatable bonds is 4. The fourth-order valence-electron chi connectivity index (χ4n) is 4.73. The van der Waals surface area contributed by atoms with Crippen LogP contribution in [0.1, 0.15) is 22.3 Å². The molecule has 0 aliphatic carbocycles. The first-order valence-electron chi connectivity index (χ1n) is 12.2. The van der Waals surface area contributed by atoms with Gasteiger partial charge in [0.05, 0.1) is 28.1 Å². The van der Waals surface area contributed by atoms with Gasteiger partial charge in [0.1, 0.15) is 16.8 Å². The maximum absolute atomic E-state index is 13.8. The predicted molar refractivity (Wildman–Crippen MR) is 141 cm³/mol. The molecule has 13 heteroatoms. The topological polar surface area (TPSA) is 86.2 Å². The summed E-state index contributed by atoms with van der Waals surface area (Å²) >= 11 is 0. The van der Waals surface area contributed by atoms with Gasteiger partial charge in [0.15, 0.2) is 0 Å². The second kappa shape index (κ2) is 10.1. The van der Waals surface area contributed by atoms with E-state index >= 15 is 0 Å². The van der Waals surface area contributed by atoms with E-state index in [2.05, 4.69) is 0 Å². The number of aryl methyl sites for hydroxylation is 1. The van der Waals surface area contributed by atoms with Crippen molar-refractivity contribution in [2.75, 3.05) is 0 Å². The highest BCUT2D eigenvalue weighted by molar-refractivity contribution is 5.84. The highest BCUT2D eigenvalue weighted by Crippen LogP contribution is 2.33. The molecule has 216 valence electrons. The molecule has 2 aromatic heterocycles. The number of alkyl halides is 6. The van der Waals surface area contributed by atoms with Crippen molar-refractivity contribution in [3.63, 3.8) is 0 Å². The second-order valence-electron chi connectivity index (χ2n) is 9.41. The van der Waals surface area contributed by atoms with Crippen LogP contribution in [0.25, 0.3) is 22.4 Å². The zero-order valence-corrected chi connectivity index (χ0v) is 21.5. The molecule has 0 atom stereocenters. The molecule has 3 aromatic carbocycles. The predicted octanol–water partition coefficient (Wildman–Crippen LogP) is 5.17. The Kier molecular flexibility index (Phi) is 6.83. The molecule has 2 heterocycles. The van der Waals surface area contributed by atoms with E-state index in [1.165, 1.54) is 0 Å². The van der Waals surface area contributed by atoms with E-state index < -0.39 is 68.4 Å². The van der Waals surface area contributed by atoms with Crippen LogP contribution in [0.3, 0.4) is 0 Å². The van der Waals surface area contributed by atoms with Gasteiger partial charge < -0.3 is 5.11 Å². The largest absolute Gasteiger partial charge is 0.506 e. The van der Waals surface area contributed by atoms with E-state index in [4.69, 9.17) is 0 Å². The molecule has 0 aliphatic rings. The molecule has 0 aliphatic heterocycles. The first kappa shape index (κ1) is 28.5. The molecule has 0 bridgehead atoms. The van der Waals surface area contributed by atoms with Gasteiger partial charge in [-0.3, -0.25) is 14.2 Å². The van der Waals surface area contributed by atoms with E-state index in [1.807, 2.05) is 0 Å². The van der Waals surface area contributed by atoms with Gasteiger partial charge in [-0.1, -0.05) is 42.5 Å². The summed E-state index contributed by atoms with van der Waals surface area (Å²) in [6, 6.07) is 14.9. The van der Waals surface area contributed by atoms with Gasteiger partial charge in [-0.2, -0.15) is 26.3 Å². The molecule has 0 spiro atoms. The van der Waals surface area contributed by atoms with Crippen LogP contribution in [0, 0.1) is 0 Å². The Bertz CT molecular complexity index is 2020. The van der Waals surface area contributed by atoms with Gasteiger partial charge in [-0.25, -0.2) is 13.9 Å². The van der Waals surface area contributed by atoms with Crippen LogP contribution in [0.4, 0.5) is 26.3 Å². The van der Waals surface area contributed by atoms with Crippen LogP contribution in [-0.4, -0.2) is 18.8 Å². The quantitative estimate of drug-likeness (QED) is 0.294. The van der Waals surface area contributed by atoms with Gasteiger partial charge in [0.25, 0.3) is 11.1 Å². The number of hydrogen-bond donors (Lipinski definition) is 1. The number of aromatic nitrogens is 3. The van der Waals surface area contributed by atoms with Crippen LogP contribution in [0.15, 0.2) is 93.2 Å². The van der Waals surface area contributed by atoms with Crippen LogP contribution >= 0.6 is 0 Å². The summed E-state index contributed by atoms with van der Waals surface area (Å²) in [5.74, 6) is -0.858. The van der Waals surface area contributed by atoms with Crippen molar-refractivity contribution >= 4 is 11.0 Å². The number of fused-ring (bicyclic) bond motifs is 1. The third-order valence-corrected chi connectivity index (χ3v) is 6.73. The van der Waals surface area contributed by atoms with Crippen LogP contribution in [0.2, 0.25) is 0 Å². The third kappa shape index (κ3) is 4.86. The Morgan fingerprint density at radius 1 is 0.690 bits per heavy atom. The SMILES string of the molecule is Cn1c(=O)c(Cc2ccccc2)c(O)c2c(=O)n(-c3cccc(C(F)(F)F)c3)c(=O)n(-c3cccc(C(F)(F)F)c3)c21. The smallest absolute Gasteiger partial charge is 0.416 e. The lowest BCUT2D eigenvalue weighted by Crippen LogP contribution is -2.41. The summed E-state index contributed by atoms with van der Waals surface area (Å²) in [4.78, 5) is 41.1. The molecule has 1 N–H and O–H groups in total. The lowest BCUT2D eigenvalue weighted by molar-refractivity contribution is -0.138. The van der Waals surface area contributed by atoms with Gasteiger partial charge in [0, 0.05) is 13.5 Å². The summed E-state index contributed by atoms with van der Waals surface area (Å²) in [5.41, 5.74) is -7.13. The molecule has 42 heavy (non-hydrogen) atoms. The second-order valence-corrected chi connectivity index (χ2v) is 9.41. The van der Waals surface area contributed by atoms with Gasteiger partial charge in [-0.15, -0.1) is 0 Å². The summed E-state index contributed by atoms with van der Waals surface area (Å²) < 4.78 is 83.0. The van der Waals surface area contributed by atoms with E-state index in [0.717, 1.165) is 41.9 Å². The maximum atomic E-state index is 13.8. The average molecular weight is 587 g/mol. The number of nitrogens with zero attached hydrogens (tertiary/aromatic N) is 3. The first-order chi connectivity index (χ1) is 19.7. The van der Waals surface area contributed by atoms with E-state index in [0.29, 0.717) is 32.9 Å². The lowest BCUT2D eigenvalue weighted by Gasteiger charge is -2.20. The van der Waals surface area contributed by atoms with Crippen LogP contribution < -0.4 is 16.8 Å². The van der Waals surface area contributed by atoms with Crippen molar-refractivity contribution in [2.45, 2.75) is 18.8 Å². The molecule has 5 aromatic rings. The summed E-state index contributed by atoms with van der Waals surface area (Å²) in [6.45, 7) is 0. The first-order valence-corrected chi connectivity index (χ1v) is 12.2. The minimum atomic E-state index is -4.86. The van der Waals surface area contributed by atoms with Crippen molar-refractivity contribution in [1.82, 2.24) is 13.7 Å². The van der Waals surface area contributed by atoms with Crippen LogP contribution in [-0.2, 0) is 25.8 Å². The normalized spacial score (nSPS) is 12.2. The number of halogens is 6. The molecule has 5 rings (SSSR count). The molecule has 0 saturated carbocycles. The van der Waals surface area contributed by atoms with Crippen molar-refractivity contribution in [3.8, 4) is 17.1 Å². The van der Waals surface area contributed by atoms with E-state index in [9.17, 15) is 45.8 Å². The Morgan fingerprint density at radius 3 is 1.74 bits per heavy atom. The minimum absolute atomic E-state index is 0.166.